The maximum Gasteiger partial charge on any atom is 0.387 e. The molecule has 0 bridgehead atoms. The number of ether oxygens (including phenoxy) is 3. The van der Waals surface area contributed by atoms with Crippen molar-refractivity contribution in [1.82, 2.24) is 0 Å². The number of hydrogen-bond donors (Lipinski definition) is 0. The first-order chi connectivity index (χ1) is 13.3. The molecule has 5 nitrogen and oxygen atoms in total. The van der Waals surface area contributed by atoms with E-state index in [0.717, 1.165) is 6.08 Å². The summed E-state index contributed by atoms with van der Waals surface area (Å²) in [6.45, 7) is -1.52. The van der Waals surface area contributed by atoms with Crippen LogP contribution in [0.25, 0.3) is 6.08 Å². The fourth-order valence-corrected chi connectivity index (χ4v) is 2.39. The molecular formula is C20H17ClF2O5. The lowest BCUT2D eigenvalue weighted by atomic mass is 10.1. The van der Waals surface area contributed by atoms with Gasteiger partial charge in [-0.05, 0) is 55.0 Å². The lowest BCUT2D eigenvalue weighted by molar-refractivity contribution is -0.140. The molecule has 0 spiro atoms. The van der Waals surface area contributed by atoms with E-state index in [1.54, 1.807) is 24.3 Å². The first-order valence-electron chi connectivity index (χ1n) is 8.11. The van der Waals surface area contributed by atoms with Crippen molar-refractivity contribution in [3.05, 3.63) is 64.7 Å². The summed E-state index contributed by atoms with van der Waals surface area (Å²) in [4.78, 5) is 24.2. The molecule has 0 aliphatic rings. The zero-order valence-electron chi connectivity index (χ0n) is 15.0. The molecule has 148 valence electrons. The monoisotopic (exact) mass is 410 g/mol. The number of alkyl halides is 2. The van der Waals surface area contributed by atoms with Crippen LogP contribution in [0.15, 0.2) is 48.5 Å². The summed E-state index contributed by atoms with van der Waals surface area (Å²) < 4.78 is 39.1. The van der Waals surface area contributed by atoms with Crippen molar-refractivity contribution in [3.8, 4) is 11.5 Å². The summed E-state index contributed by atoms with van der Waals surface area (Å²) in [5.74, 6) is -1.14. The molecule has 0 saturated carbocycles. The summed E-state index contributed by atoms with van der Waals surface area (Å²) in [5.41, 5.74) is 0.861. The Bertz CT molecular complexity index is 865. The summed E-state index contributed by atoms with van der Waals surface area (Å²) >= 11 is 5.78. The number of ketones is 1. The summed E-state index contributed by atoms with van der Waals surface area (Å²) in [6.07, 6.45) is 1.53. The highest BCUT2D eigenvalue weighted by atomic mass is 35.5. The van der Waals surface area contributed by atoms with Crippen LogP contribution in [0.4, 0.5) is 8.78 Å². The van der Waals surface area contributed by atoms with Crippen LogP contribution in [-0.4, -0.2) is 31.6 Å². The average molecular weight is 411 g/mol. The third kappa shape index (κ3) is 6.06. The zero-order valence-corrected chi connectivity index (χ0v) is 15.8. The Morgan fingerprint density at radius 1 is 1.07 bits per heavy atom. The Hall–Kier alpha value is -2.93. The van der Waals surface area contributed by atoms with Gasteiger partial charge < -0.3 is 14.2 Å². The van der Waals surface area contributed by atoms with E-state index in [1.807, 2.05) is 0 Å². The molecule has 0 amide bonds. The maximum absolute atomic E-state index is 12.3. The van der Waals surface area contributed by atoms with E-state index < -0.39 is 18.7 Å². The first-order valence-corrected chi connectivity index (χ1v) is 8.49. The highest BCUT2D eigenvalue weighted by molar-refractivity contribution is 6.30. The number of carbonyl (C=O) groups is 2. The first kappa shape index (κ1) is 21.4. The molecule has 1 atom stereocenters. The smallest absolute Gasteiger partial charge is 0.387 e. The second kappa shape index (κ2) is 9.85. The molecule has 0 aliphatic heterocycles. The van der Waals surface area contributed by atoms with Crippen LogP contribution in [0.3, 0.4) is 0 Å². The zero-order chi connectivity index (χ0) is 20.7. The third-order valence-electron chi connectivity index (χ3n) is 3.61. The Morgan fingerprint density at radius 2 is 1.75 bits per heavy atom. The molecule has 2 aromatic rings. The van der Waals surface area contributed by atoms with Crippen molar-refractivity contribution in [2.24, 2.45) is 0 Å². The molecule has 0 aromatic heterocycles. The molecule has 0 aliphatic carbocycles. The number of rotatable bonds is 8. The van der Waals surface area contributed by atoms with Crippen LogP contribution < -0.4 is 9.47 Å². The van der Waals surface area contributed by atoms with Gasteiger partial charge in [-0.2, -0.15) is 8.78 Å². The number of esters is 1. The lowest BCUT2D eigenvalue weighted by Gasteiger charge is -2.11. The van der Waals surface area contributed by atoms with Crippen molar-refractivity contribution in [2.75, 3.05) is 7.11 Å². The molecule has 0 radical (unpaired) electrons. The van der Waals surface area contributed by atoms with E-state index in [1.165, 1.54) is 38.3 Å². The van der Waals surface area contributed by atoms with Crippen LogP contribution in [-0.2, 0) is 9.53 Å². The predicted octanol–water partition coefficient (Wildman–Crippen LogP) is 4.78. The minimum atomic E-state index is -2.98. The van der Waals surface area contributed by atoms with Crippen LogP contribution in [0.2, 0.25) is 5.02 Å². The van der Waals surface area contributed by atoms with E-state index in [4.69, 9.17) is 21.1 Å². The summed E-state index contributed by atoms with van der Waals surface area (Å²) in [5, 5.41) is 0.490. The van der Waals surface area contributed by atoms with Gasteiger partial charge in [-0.3, -0.25) is 4.79 Å². The molecule has 0 N–H and O–H groups in total. The number of Topliss-reactive ketones (excluding diaryl/α,β-unsaturated/α-hetero) is 1. The van der Waals surface area contributed by atoms with Gasteiger partial charge in [-0.1, -0.05) is 17.7 Å². The molecule has 2 rings (SSSR count). The van der Waals surface area contributed by atoms with Crippen LogP contribution in [0.1, 0.15) is 22.8 Å². The number of methoxy groups -OCH3 is 1. The van der Waals surface area contributed by atoms with Gasteiger partial charge in [-0.15, -0.1) is 0 Å². The maximum atomic E-state index is 12.3. The minimum Gasteiger partial charge on any atom is -0.493 e. The quantitative estimate of drug-likeness (QED) is 0.356. The number of benzene rings is 2. The minimum absolute atomic E-state index is 0.0853. The van der Waals surface area contributed by atoms with E-state index >= 15 is 0 Å². The highest BCUT2D eigenvalue weighted by Gasteiger charge is 2.18. The summed E-state index contributed by atoms with van der Waals surface area (Å²) in [6, 6.07) is 10.4. The Kier molecular flexibility index (Phi) is 7.52. The van der Waals surface area contributed by atoms with Crippen LogP contribution in [0.5, 0.6) is 11.5 Å². The molecule has 0 heterocycles. The Balaban J connectivity index is 2.00. The van der Waals surface area contributed by atoms with Gasteiger partial charge in [0.1, 0.15) is 0 Å². The van der Waals surface area contributed by atoms with Crippen molar-refractivity contribution in [3.63, 3.8) is 0 Å². The second-order valence-corrected chi connectivity index (χ2v) is 6.01. The van der Waals surface area contributed by atoms with Gasteiger partial charge in [-0.25, -0.2) is 4.79 Å². The Morgan fingerprint density at radius 3 is 2.36 bits per heavy atom. The van der Waals surface area contributed by atoms with E-state index in [0.29, 0.717) is 16.1 Å². The molecule has 0 saturated heterocycles. The van der Waals surface area contributed by atoms with E-state index in [9.17, 15) is 18.4 Å². The molecule has 28 heavy (non-hydrogen) atoms. The van der Waals surface area contributed by atoms with Gasteiger partial charge in [0.2, 0.25) is 5.78 Å². The van der Waals surface area contributed by atoms with E-state index in [2.05, 4.69) is 4.74 Å². The SMILES string of the molecule is COc1cc(/C=C/C(=O)O[C@H](C)C(=O)c2ccc(Cl)cc2)ccc1OC(F)F. The predicted molar refractivity (Wildman–Crippen MR) is 100.0 cm³/mol. The second-order valence-electron chi connectivity index (χ2n) is 5.57. The number of hydrogen-bond acceptors (Lipinski definition) is 5. The van der Waals surface area contributed by atoms with Crippen molar-refractivity contribution >= 4 is 29.4 Å². The van der Waals surface area contributed by atoms with Crippen LogP contribution >= 0.6 is 11.6 Å². The average Bonchev–Trinajstić information content (AvgIpc) is 2.66. The number of halogens is 3. The fraction of sp³-hybridized carbons (Fsp3) is 0.200. The third-order valence-corrected chi connectivity index (χ3v) is 3.86. The van der Waals surface area contributed by atoms with Gasteiger partial charge in [0, 0.05) is 16.7 Å². The standard InChI is InChI=1S/C20H17ClF2O5/c1-12(19(25)14-5-7-15(21)8-6-14)27-18(24)10-4-13-3-9-16(28-20(22)23)17(11-13)26-2/h3-12,20H,1-2H3/b10-4+/t12-/m1/s1. The summed E-state index contributed by atoms with van der Waals surface area (Å²) in [7, 11) is 1.31. The molecule has 0 fully saturated rings. The van der Waals surface area contributed by atoms with Crippen molar-refractivity contribution in [1.29, 1.82) is 0 Å². The van der Waals surface area contributed by atoms with Gasteiger partial charge in [0.25, 0.3) is 0 Å². The van der Waals surface area contributed by atoms with Gasteiger partial charge >= 0.3 is 12.6 Å². The van der Waals surface area contributed by atoms with Crippen LogP contribution in [0, 0.1) is 0 Å². The fourth-order valence-electron chi connectivity index (χ4n) is 2.26. The highest BCUT2D eigenvalue weighted by Crippen LogP contribution is 2.29. The Labute approximate surface area is 165 Å². The largest absolute Gasteiger partial charge is 0.493 e. The van der Waals surface area contributed by atoms with Gasteiger partial charge in [0.15, 0.2) is 17.6 Å². The topological polar surface area (TPSA) is 61.8 Å². The van der Waals surface area contributed by atoms with Gasteiger partial charge in [0.05, 0.1) is 7.11 Å². The molecular weight excluding hydrogens is 394 g/mol. The number of carbonyl (C=O) groups excluding carboxylic acids is 2. The van der Waals surface area contributed by atoms with E-state index in [-0.39, 0.29) is 17.3 Å². The normalized spacial score (nSPS) is 12.1. The van der Waals surface area contributed by atoms with Crippen molar-refractivity contribution in [2.45, 2.75) is 19.6 Å². The molecule has 8 heteroatoms. The molecule has 2 aromatic carbocycles. The lowest BCUT2D eigenvalue weighted by Crippen LogP contribution is -2.23. The van der Waals surface area contributed by atoms with Crippen molar-refractivity contribution < 1.29 is 32.6 Å². The molecule has 0 unspecified atom stereocenters.